The molecule has 0 aromatic heterocycles. The Bertz CT molecular complexity index is 1900. The Morgan fingerprint density at radius 2 is 1.00 bits per heavy atom. The topological polar surface area (TPSA) is 24.5 Å². The average molecular weight is 869 g/mol. The monoisotopic (exact) mass is 869 g/mol. The van der Waals surface area contributed by atoms with Gasteiger partial charge in [-0.05, 0) is 130 Å². The van der Waals surface area contributed by atoms with Crippen molar-refractivity contribution in [3.8, 4) is 11.5 Å². The molecule has 3 atom stereocenters. The molecule has 1 saturated carbocycles. The molecule has 352 valence electrons. The zero-order valence-electron chi connectivity index (χ0n) is 43.7. The van der Waals surface area contributed by atoms with Crippen LogP contribution in [-0.4, -0.2) is 100 Å². The Morgan fingerprint density at radius 3 is 1.41 bits per heavy atom. The molecule has 6 nitrogen and oxygen atoms in total. The lowest BCUT2D eigenvalue weighted by molar-refractivity contribution is -0.928. The highest BCUT2D eigenvalue weighted by Crippen LogP contribution is 2.56. The molecule has 1 aliphatic carbocycles. The lowest BCUT2D eigenvalue weighted by Gasteiger charge is -2.39. The van der Waals surface area contributed by atoms with Gasteiger partial charge < -0.3 is 18.4 Å². The third kappa shape index (κ3) is 9.48. The predicted molar refractivity (Wildman–Crippen MR) is 268 cm³/mol. The van der Waals surface area contributed by atoms with Crippen molar-refractivity contribution in [1.29, 1.82) is 0 Å². The van der Waals surface area contributed by atoms with Gasteiger partial charge >= 0.3 is 6.03 Å². The maximum atomic E-state index is 7.64. The molecule has 6 rings (SSSR count). The largest absolute Gasteiger partial charge is 0.705 e. The summed E-state index contributed by atoms with van der Waals surface area (Å²) in [6.45, 7) is 46.1. The van der Waals surface area contributed by atoms with E-state index >= 15 is 0 Å². The van der Waals surface area contributed by atoms with Crippen LogP contribution in [0.25, 0.3) is 0 Å². The van der Waals surface area contributed by atoms with Crippen LogP contribution in [0.4, 0.5) is 0 Å². The summed E-state index contributed by atoms with van der Waals surface area (Å²) in [5, 5.41) is 0. The average Bonchev–Trinajstić information content (AvgIpc) is 3.37. The van der Waals surface area contributed by atoms with E-state index in [9.17, 15) is 0 Å². The van der Waals surface area contributed by atoms with Crippen molar-refractivity contribution in [1.82, 2.24) is 0 Å². The minimum atomic E-state index is -1.10. The smallest absolute Gasteiger partial charge is 0.340 e. The van der Waals surface area contributed by atoms with Crippen molar-refractivity contribution in [2.24, 2.45) is 0 Å². The van der Waals surface area contributed by atoms with Gasteiger partial charge in [-0.3, -0.25) is 0 Å². The molecule has 0 N–H and O–H groups in total. The number of hydrogen-bond acceptors (Lipinski definition) is 2. The zero-order chi connectivity index (χ0) is 46.1. The summed E-state index contributed by atoms with van der Waals surface area (Å²) in [5.41, 5.74) is 7.31. The number of fused-ring (bicyclic) bond motifs is 5. The van der Waals surface area contributed by atoms with Crippen LogP contribution in [0.15, 0.2) is 24.3 Å². The van der Waals surface area contributed by atoms with Gasteiger partial charge in [0.1, 0.15) is 0 Å². The van der Waals surface area contributed by atoms with Crippen molar-refractivity contribution >= 4 is 12.4 Å². The highest BCUT2D eigenvalue weighted by Gasteiger charge is 2.86. The summed E-state index contributed by atoms with van der Waals surface area (Å²) < 4.78 is 22.9. The third-order valence-electron chi connectivity index (χ3n) is 16.6. The van der Waals surface area contributed by atoms with Gasteiger partial charge in [-0.1, -0.05) is 104 Å². The second kappa shape index (κ2) is 19.3. The molecule has 1 unspecified atom stereocenters. The summed E-state index contributed by atoms with van der Waals surface area (Å²) in [5.74, 6) is 2.49. The SMILES string of the molecule is CCC[N+](CCC)(CCC)CCCC(CCC[N+](CCC)(CCC)CCC)c1cc(C)c2c(c1)C=[N+]1C3(O2)Oc2c(cc(C(C)(C)C)cc2C(C)(C)C)C=[N+]3[C@@]2(C)CCCC[C@]12C. The fourth-order valence-corrected chi connectivity index (χ4v) is 13.4. The molecule has 3 heterocycles. The first kappa shape index (κ1) is 49.7. The van der Waals surface area contributed by atoms with Crippen LogP contribution >= 0.6 is 0 Å². The maximum Gasteiger partial charge on any atom is 0.705 e. The van der Waals surface area contributed by atoms with Gasteiger partial charge in [0, 0.05) is 32.3 Å². The molecular formula is C57H96N4O2+4. The van der Waals surface area contributed by atoms with Crippen LogP contribution in [0, 0.1) is 6.92 Å². The molecule has 1 spiro atoms. The summed E-state index contributed by atoms with van der Waals surface area (Å²) in [7, 11) is 0. The highest BCUT2D eigenvalue weighted by atomic mass is 16.7. The van der Waals surface area contributed by atoms with Crippen molar-refractivity contribution < 1.29 is 27.6 Å². The molecule has 2 fully saturated rings. The van der Waals surface area contributed by atoms with Crippen LogP contribution in [0.5, 0.6) is 11.5 Å². The molecule has 63 heavy (non-hydrogen) atoms. The number of aryl methyl sites for hydroxylation is 1. The van der Waals surface area contributed by atoms with Crippen LogP contribution in [0.3, 0.4) is 0 Å². The number of rotatable bonds is 21. The van der Waals surface area contributed by atoms with Crippen molar-refractivity contribution in [3.05, 3.63) is 57.6 Å². The molecule has 2 aromatic carbocycles. The number of hydrogen-bond donors (Lipinski definition) is 0. The quantitative estimate of drug-likeness (QED) is 0.0922. The van der Waals surface area contributed by atoms with Gasteiger partial charge in [0.05, 0.1) is 63.5 Å². The van der Waals surface area contributed by atoms with E-state index < -0.39 is 6.03 Å². The lowest BCUT2D eigenvalue weighted by atomic mass is 9.69. The molecule has 4 aliphatic rings. The summed E-state index contributed by atoms with van der Waals surface area (Å²) in [6, 6.07) is 8.79. The van der Waals surface area contributed by atoms with E-state index in [-0.39, 0.29) is 21.9 Å². The van der Waals surface area contributed by atoms with Gasteiger partial charge in [0.2, 0.25) is 11.1 Å². The van der Waals surface area contributed by atoms with Crippen molar-refractivity contribution in [2.45, 2.75) is 228 Å². The summed E-state index contributed by atoms with van der Waals surface area (Å²) in [4.78, 5) is 0. The third-order valence-corrected chi connectivity index (χ3v) is 16.6. The van der Waals surface area contributed by atoms with Gasteiger partial charge in [0.25, 0.3) is 0 Å². The van der Waals surface area contributed by atoms with Crippen LogP contribution in [0.2, 0.25) is 0 Å². The Morgan fingerprint density at radius 1 is 0.571 bits per heavy atom. The van der Waals surface area contributed by atoms with Gasteiger partial charge in [0.15, 0.2) is 23.9 Å². The summed E-state index contributed by atoms with van der Waals surface area (Å²) >= 11 is 0. The molecular weight excluding hydrogens is 773 g/mol. The van der Waals surface area contributed by atoms with Crippen molar-refractivity contribution in [3.63, 3.8) is 0 Å². The normalized spacial score (nSPS) is 23.2. The summed E-state index contributed by atoms with van der Waals surface area (Å²) in [6.07, 6.45) is 22.3. The molecule has 1 saturated heterocycles. The first-order chi connectivity index (χ1) is 29.7. The fraction of sp³-hybridized carbons (Fsp3) is 0.754. The predicted octanol–water partition coefficient (Wildman–Crippen LogP) is 13.4. The Balaban J connectivity index is 1.44. The van der Waals surface area contributed by atoms with E-state index in [1.807, 2.05) is 0 Å². The second-order valence-electron chi connectivity index (χ2n) is 23.7. The van der Waals surface area contributed by atoms with Crippen LogP contribution in [0.1, 0.15) is 226 Å². The van der Waals surface area contributed by atoms with Crippen molar-refractivity contribution in [2.75, 3.05) is 52.4 Å². The van der Waals surface area contributed by atoms with E-state index in [4.69, 9.17) is 9.47 Å². The standard InChI is InChI=1S/C57H96N4O2/c1-16-30-60(31-17-2,32-18-3)36-24-26-45(27-25-37-61(33-19-4,34-20-5)35-21-6)46-38-44(7)51-47(39-46)42-58-55(14)28-22-23-29-56(55,15)59-43-48-40-49(53(8,9)10)41-50(54(11,12)13)52(48)63-57(58,59)62-51/h38-43,45H,16-37H2,1-15H3/q+4/t55-,56-,57?/m0/s1. The molecule has 6 heteroatoms. The van der Waals surface area contributed by atoms with E-state index in [0.29, 0.717) is 5.92 Å². The molecule has 2 aromatic rings. The first-order valence-corrected chi connectivity index (χ1v) is 26.4. The Kier molecular flexibility index (Phi) is 15.2. The second-order valence-corrected chi connectivity index (χ2v) is 23.7. The number of nitrogens with zero attached hydrogens (tertiary/aromatic N) is 4. The molecule has 0 amide bonds. The van der Waals surface area contributed by atoms with Gasteiger partial charge in [-0.2, -0.15) is 0 Å². The number of ether oxygens (including phenoxy) is 2. The first-order valence-electron chi connectivity index (χ1n) is 26.4. The minimum absolute atomic E-state index is 0.0184. The Hall–Kier alpha value is -2.70. The molecule has 0 bridgehead atoms. The van der Waals surface area contributed by atoms with E-state index in [1.54, 1.807) is 0 Å². The minimum Gasteiger partial charge on any atom is -0.340 e. The Labute approximate surface area is 387 Å². The molecule has 0 radical (unpaired) electrons. The molecule has 3 aliphatic heterocycles. The van der Waals surface area contributed by atoms with Crippen LogP contribution in [-0.2, 0) is 10.8 Å². The van der Waals surface area contributed by atoms with E-state index in [1.165, 1.54) is 172 Å². The highest BCUT2D eigenvalue weighted by molar-refractivity contribution is 5.85. The lowest BCUT2D eigenvalue weighted by Crippen LogP contribution is -2.61. The van der Waals surface area contributed by atoms with Crippen LogP contribution < -0.4 is 9.47 Å². The van der Waals surface area contributed by atoms with Gasteiger partial charge in [-0.25, -0.2) is 0 Å². The number of benzene rings is 2. The van der Waals surface area contributed by atoms with E-state index in [0.717, 1.165) is 24.3 Å². The zero-order valence-corrected chi connectivity index (χ0v) is 43.7. The number of quaternary nitrogens is 2. The van der Waals surface area contributed by atoms with E-state index in [2.05, 4.69) is 150 Å². The fourth-order valence-electron chi connectivity index (χ4n) is 13.4. The maximum absolute atomic E-state index is 7.64. The van der Waals surface area contributed by atoms with Gasteiger partial charge in [-0.15, -0.1) is 0 Å².